The number of carbonyl (C=O) groups is 1. The van der Waals surface area contributed by atoms with Crippen molar-refractivity contribution in [3.63, 3.8) is 0 Å². The maximum atomic E-state index is 13.2. The fourth-order valence-electron chi connectivity index (χ4n) is 3.19. The van der Waals surface area contributed by atoms with Crippen molar-refractivity contribution in [1.29, 1.82) is 0 Å². The van der Waals surface area contributed by atoms with Gasteiger partial charge in [-0.05, 0) is 0 Å². The van der Waals surface area contributed by atoms with Crippen molar-refractivity contribution in [2.45, 2.75) is 4.90 Å². The molecular formula is C23H15Cl3F5N3O3SSe. The van der Waals surface area contributed by atoms with E-state index in [0.29, 0.717) is 16.3 Å². The predicted octanol–water partition coefficient (Wildman–Crippen LogP) is 8.58. The summed E-state index contributed by atoms with van der Waals surface area (Å²) in [7, 11) is -9.88. The molecule has 3 aromatic carbocycles. The van der Waals surface area contributed by atoms with Gasteiger partial charge in [0.2, 0.25) is 0 Å². The van der Waals surface area contributed by atoms with Gasteiger partial charge >= 0.3 is 211 Å². The average molecular weight is 694 g/mol. The molecule has 0 aliphatic heterocycles. The van der Waals surface area contributed by atoms with Gasteiger partial charge in [-0.25, -0.2) is 0 Å². The van der Waals surface area contributed by atoms with Gasteiger partial charge in [0, 0.05) is 0 Å². The van der Waals surface area contributed by atoms with E-state index in [-0.39, 0.29) is 38.8 Å². The summed E-state index contributed by atoms with van der Waals surface area (Å²) in [5, 5.41) is 11.5. The van der Waals surface area contributed by atoms with Gasteiger partial charge in [0.05, 0.1) is 5.34 Å². The summed E-state index contributed by atoms with van der Waals surface area (Å²) in [5.74, 6) is -0.735. The van der Waals surface area contributed by atoms with Gasteiger partial charge in [-0.1, -0.05) is 0 Å². The number of non-ortho nitro benzene ring substituents is 1. The molecule has 0 unspecified atom stereocenters. The number of alkyl halides is 2. The first-order chi connectivity index (χ1) is 18.0. The van der Waals surface area contributed by atoms with Crippen LogP contribution in [0.3, 0.4) is 0 Å². The van der Waals surface area contributed by atoms with Crippen molar-refractivity contribution in [3.05, 3.63) is 103 Å². The third kappa shape index (κ3) is 7.93. The molecule has 1 heterocycles. The van der Waals surface area contributed by atoms with Gasteiger partial charge in [-0.15, -0.1) is 23.2 Å². The Morgan fingerprint density at radius 3 is 1.95 bits per heavy atom. The number of rotatable bonds is 5. The summed E-state index contributed by atoms with van der Waals surface area (Å²) in [5.41, 5.74) is 0.992. The fraction of sp³-hybridized carbons (Fsp3) is 0.0435. The molecule has 4 rings (SSSR count). The molecule has 6 nitrogen and oxygen atoms in total. The van der Waals surface area contributed by atoms with Crippen LogP contribution in [0.5, 0.6) is 0 Å². The number of nitro groups is 1. The van der Waals surface area contributed by atoms with Crippen LogP contribution in [0.25, 0.3) is 16.9 Å². The number of nitrogens with zero attached hydrogens (tertiary/aromatic N) is 3. The molecule has 0 atom stereocenters. The molecule has 0 bridgehead atoms. The Morgan fingerprint density at radius 1 is 0.923 bits per heavy atom. The SMILES string of the molecule is ClCCl.O=C(N=c1[se]cc(-c2ccc(Cl)cc2)n1-c1ccc(S(F)(F)(F)(F)F)cc1)c1ccc([N+](=O)[O-])cc1. The summed E-state index contributed by atoms with van der Waals surface area (Å²) in [6.07, 6.45) is 0. The zero-order valence-corrected chi connectivity index (χ0v) is 23.9. The number of aromatic nitrogens is 1. The summed E-state index contributed by atoms with van der Waals surface area (Å²) < 4.78 is 67.6. The monoisotopic (exact) mass is 693 g/mol. The molecule has 0 N–H and O–H groups in total. The average Bonchev–Trinajstić information content (AvgIpc) is 3.27. The molecule has 0 radical (unpaired) electrons. The molecule has 4 aromatic rings. The van der Waals surface area contributed by atoms with Crippen LogP contribution in [0, 0.1) is 10.1 Å². The topological polar surface area (TPSA) is 77.5 Å². The van der Waals surface area contributed by atoms with E-state index in [1.165, 1.54) is 16.7 Å². The summed E-state index contributed by atoms with van der Waals surface area (Å²) >= 11 is 14.9. The number of benzene rings is 3. The van der Waals surface area contributed by atoms with Crippen molar-refractivity contribution < 1.29 is 29.1 Å². The van der Waals surface area contributed by atoms with Crippen LogP contribution < -0.4 is 4.36 Å². The van der Waals surface area contributed by atoms with E-state index in [1.54, 1.807) is 29.2 Å². The number of hydrogen-bond acceptors (Lipinski definition) is 3. The first-order valence-electron chi connectivity index (χ1n) is 10.3. The number of amides is 1. The Bertz CT molecular complexity index is 1580. The van der Waals surface area contributed by atoms with Crippen LogP contribution in [0.2, 0.25) is 5.02 Å². The van der Waals surface area contributed by atoms with Crippen LogP contribution in [0.15, 0.2) is 87.6 Å². The molecule has 0 fully saturated rings. The minimum absolute atomic E-state index is 0.0556. The molecule has 0 saturated carbocycles. The molecule has 0 saturated heterocycles. The zero-order chi connectivity index (χ0) is 29.1. The molecular weight excluding hydrogens is 679 g/mol. The Morgan fingerprint density at radius 2 is 1.46 bits per heavy atom. The van der Waals surface area contributed by atoms with Crippen LogP contribution in [0.1, 0.15) is 10.4 Å². The molecule has 16 heteroatoms. The Balaban J connectivity index is 0.00000134. The van der Waals surface area contributed by atoms with E-state index in [4.69, 9.17) is 34.8 Å². The quantitative estimate of drug-likeness (QED) is 0.0691. The summed E-state index contributed by atoms with van der Waals surface area (Å²) in [6.45, 7) is 0. The van der Waals surface area contributed by atoms with Crippen LogP contribution in [-0.4, -0.2) is 35.2 Å². The normalized spacial score (nSPS) is 13.6. The van der Waals surface area contributed by atoms with Crippen molar-refractivity contribution in [1.82, 2.24) is 4.57 Å². The molecule has 208 valence electrons. The van der Waals surface area contributed by atoms with Crippen molar-refractivity contribution in [2.24, 2.45) is 4.99 Å². The van der Waals surface area contributed by atoms with E-state index in [1.807, 2.05) is 0 Å². The van der Waals surface area contributed by atoms with E-state index in [9.17, 15) is 34.3 Å². The predicted molar refractivity (Wildman–Crippen MR) is 144 cm³/mol. The standard InChI is InChI=1S/C22H13ClF5N3O3SSe.CH2Cl2/c23-16-5-1-14(2-6-16)20-13-36-22(29-21(32)15-3-7-18(8-4-15)31(33)34)30(20)17-9-11-19(12-10-17)35(24,25,26,27)28;2-1-3/h1-13H;1H2. The third-order valence-corrected chi connectivity index (χ3v) is 8.06. The van der Waals surface area contributed by atoms with Gasteiger partial charge in [0.1, 0.15) is 0 Å². The minimum atomic E-state index is -9.88. The van der Waals surface area contributed by atoms with E-state index >= 15 is 0 Å². The second-order valence-electron chi connectivity index (χ2n) is 7.53. The second kappa shape index (κ2) is 11.1. The second-order valence-corrected chi connectivity index (χ2v) is 12.9. The van der Waals surface area contributed by atoms with Gasteiger partial charge in [-0.2, -0.15) is 0 Å². The molecule has 1 aromatic heterocycles. The Labute approximate surface area is 238 Å². The van der Waals surface area contributed by atoms with Crippen LogP contribution in [0.4, 0.5) is 25.1 Å². The zero-order valence-electron chi connectivity index (χ0n) is 19.1. The number of carbonyl (C=O) groups excluding carboxylic acids is 1. The number of hydrogen-bond donors (Lipinski definition) is 0. The van der Waals surface area contributed by atoms with E-state index in [0.717, 1.165) is 24.3 Å². The van der Waals surface area contributed by atoms with Gasteiger partial charge in [0.25, 0.3) is 0 Å². The van der Waals surface area contributed by atoms with E-state index in [2.05, 4.69) is 4.99 Å². The van der Waals surface area contributed by atoms with Crippen molar-refractivity contribution in [2.75, 3.05) is 5.34 Å². The van der Waals surface area contributed by atoms with Crippen LogP contribution in [-0.2, 0) is 0 Å². The Kier molecular flexibility index (Phi) is 8.76. The van der Waals surface area contributed by atoms with E-state index < -0.39 is 40.5 Å². The molecule has 1 amide bonds. The molecule has 0 aliphatic carbocycles. The molecule has 0 aliphatic rings. The summed E-state index contributed by atoms with van der Waals surface area (Å²) in [4.78, 5) is 26.8. The fourth-order valence-corrected chi connectivity index (χ4v) is 5.86. The molecule has 0 spiro atoms. The number of nitro benzene ring substituents is 1. The van der Waals surface area contributed by atoms with Crippen molar-refractivity contribution in [3.8, 4) is 16.9 Å². The van der Waals surface area contributed by atoms with Crippen molar-refractivity contribution >= 4 is 71.1 Å². The third-order valence-electron chi connectivity index (χ3n) is 4.91. The number of halogens is 8. The Hall–Kier alpha value is -2.67. The summed E-state index contributed by atoms with van der Waals surface area (Å²) in [6, 6.07) is 13.6. The maximum absolute atomic E-state index is 13.2. The van der Waals surface area contributed by atoms with Gasteiger partial charge in [-0.3, -0.25) is 0 Å². The van der Waals surface area contributed by atoms with Gasteiger partial charge < -0.3 is 0 Å². The molecule has 39 heavy (non-hydrogen) atoms. The first kappa shape index (κ1) is 30.9. The first-order valence-corrected chi connectivity index (χ1v) is 15.5. The van der Waals surface area contributed by atoms with Crippen LogP contribution >= 0.6 is 45.0 Å². The van der Waals surface area contributed by atoms with Gasteiger partial charge in [0.15, 0.2) is 0 Å².